The maximum absolute atomic E-state index is 15.5. The summed E-state index contributed by atoms with van der Waals surface area (Å²) in [6.07, 6.45) is -0.668. The van der Waals surface area contributed by atoms with Gasteiger partial charge < -0.3 is 63.6 Å². The smallest absolute Gasteiger partial charge is 0.425 e. The number of fused-ring (bicyclic) bond motifs is 1. The standard InChI is InChI=1S/C68H101FN10O13/c1-15-54-68(10)59(79(65(84)92-68)73-35-45-25-29-77(30-26-45)50-19-17-16-18-20-50)43(6)56(80)39(2)32-67(9,87-14)61(41(4)55(42(5)62(83)90-54)53-33-66(8,86-13)60(82)44(7)89-53)91-63-57(81)51(31-40(3)88-63)76(11)28-27-49-38-78(75-74-49)52(34-69)58(85-12)47-23-21-46(22-24-47)48-36-71-64(70)72-37-48/h16-24,36-45,51-55,57-61,63,73,81-82H,15,25-35H2,1-14H3,(H2,70,71,72)/t39-,40-,41+,42-,43+,44+,51+,52-,53-,54-,55?,57-,58-,59-,60+,61-,63+,66-,67-,68-/m1/s1. The molecule has 24 heteroatoms. The van der Waals surface area contributed by atoms with Crippen LogP contribution < -0.4 is 16.1 Å². The highest BCUT2D eigenvalue weighted by Crippen LogP contribution is 2.48. The second kappa shape index (κ2) is 29.9. The maximum atomic E-state index is 15.5. The number of alkyl halides is 1. The molecule has 0 radical (unpaired) electrons. The number of para-hydroxylation sites is 1. The summed E-state index contributed by atoms with van der Waals surface area (Å²) in [6, 6.07) is 15.6. The van der Waals surface area contributed by atoms with E-state index in [-0.39, 0.29) is 36.9 Å². The number of cyclic esters (lactones) is 1. The number of carbonyl (C=O) groups excluding carboxylic acids is 3. The van der Waals surface area contributed by atoms with Gasteiger partial charge in [-0.05, 0) is 109 Å². The number of nitrogen functional groups attached to an aromatic ring is 1. The number of aliphatic hydroxyl groups excluding tert-OH is 2. The van der Waals surface area contributed by atoms with Gasteiger partial charge in [0.05, 0.1) is 47.2 Å². The first kappa shape index (κ1) is 70.5. The van der Waals surface area contributed by atoms with Crippen LogP contribution in [-0.2, 0) is 53.9 Å². The molecule has 0 spiro atoms. The lowest BCUT2D eigenvalue weighted by atomic mass is 9.67. The summed E-state index contributed by atoms with van der Waals surface area (Å²) in [5, 5.41) is 34.5. The van der Waals surface area contributed by atoms with E-state index in [1.54, 1.807) is 53.6 Å². The van der Waals surface area contributed by atoms with Crippen LogP contribution in [0, 0.1) is 35.5 Å². The number of nitrogens with two attached hydrogens (primary N) is 1. The number of likely N-dealkylation sites (N-methyl/N-ethyl adjacent to an activating group) is 1. The van der Waals surface area contributed by atoms with Crippen molar-refractivity contribution in [2.75, 3.05) is 71.9 Å². The SMILES string of the molecule is CC[C@H]1OC(=O)[C@H](C)C([C@H]2C[C@@](C)(OC)[C@@H](O)[C@H](C)O2)[C@H](C)[C@@H](O[C@@H]2O[C@H](C)C[C@H](N(C)CCc3cn([C@H](CF)[C@H](OC)c4ccc(-c5cnc(N)nc5)cc4)nn3)[C@H]2O)[C@](C)(OC)C[C@@H](C)C(=O)[C@H](C)[C@H]2N(NCC3CCN(c4ccccc4)CC3)C(=O)O[C@]12C. The number of aliphatic hydroxyl groups is 2. The number of amides is 1. The van der Waals surface area contributed by atoms with Crippen LogP contribution in [0.1, 0.15) is 131 Å². The maximum Gasteiger partial charge on any atom is 0.425 e. The van der Waals surface area contributed by atoms with Gasteiger partial charge in [-0.15, -0.1) is 5.10 Å². The second-order valence-corrected chi connectivity index (χ2v) is 27.3. The molecule has 5 aliphatic rings. The third-order valence-corrected chi connectivity index (χ3v) is 21.2. The number of ether oxygens (including phenoxy) is 8. The van der Waals surface area contributed by atoms with E-state index in [0.29, 0.717) is 31.6 Å². The molecule has 508 valence electrons. The van der Waals surface area contributed by atoms with Crippen LogP contribution in [-0.4, -0.2) is 202 Å². The quantitative estimate of drug-likeness (QED) is 0.0616. The fourth-order valence-corrected chi connectivity index (χ4v) is 15.6. The number of hydrogen-bond acceptors (Lipinski definition) is 21. The predicted octanol–water partition coefficient (Wildman–Crippen LogP) is 7.74. The summed E-state index contributed by atoms with van der Waals surface area (Å²) in [6.45, 7) is 20.2. The topological polar surface area (TPSA) is 270 Å². The molecule has 9 rings (SSSR count). The van der Waals surface area contributed by atoms with Crippen molar-refractivity contribution < 1.29 is 66.9 Å². The van der Waals surface area contributed by atoms with E-state index in [4.69, 9.17) is 43.6 Å². The fourth-order valence-electron chi connectivity index (χ4n) is 15.6. The molecule has 5 aliphatic heterocycles. The van der Waals surface area contributed by atoms with Crippen molar-refractivity contribution in [3.63, 3.8) is 0 Å². The zero-order valence-corrected chi connectivity index (χ0v) is 56.2. The molecule has 20 atom stereocenters. The molecule has 1 amide bonds. The van der Waals surface area contributed by atoms with Crippen LogP contribution >= 0.6 is 0 Å². The van der Waals surface area contributed by atoms with Crippen LogP contribution in [0.25, 0.3) is 11.1 Å². The molecule has 7 heterocycles. The van der Waals surface area contributed by atoms with Crippen LogP contribution in [0.2, 0.25) is 0 Å². The molecule has 5 N–H and O–H groups in total. The van der Waals surface area contributed by atoms with Crippen molar-refractivity contribution in [3.8, 4) is 11.1 Å². The fraction of sp³-hybridized carbons (Fsp3) is 0.691. The zero-order valence-electron chi connectivity index (χ0n) is 56.2. The number of halogens is 1. The number of nitrogens with one attached hydrogen (secondary N) is 1. The molecule has 1 unspecified atom stereocenters. The molecule has 92 heavy (non-hydrogen) atoms. The minimum atomic E-state index is -1.49. The number of hydrogen-bond donors (Lipinski definition) is 4. The largest absolute Gasteiger partial charge is 0.458 e. The van der Waals surface area contributed by atoms with E-state index in [0.717, 1.165) is 42.6 Å². The highest BCUT2D eigenvalue weighted by Gasteiger charge is 2.62. The Labute approximate surface area is 541 Å². The van der Waals surface area contributed by atoms with Crippen molar-refractivity contribution in [2.45, 2.75) is 204 Å². The molecule has 4 aromatic rings. The lowest BCUT2D eigenvalue weighted by molar-refractivity contribution is -0.305. The average molecular weight is 1290 g/mol. The van der Waals surface area contributed by atoms with Gasteiger partial charge >= 0.3 is 12.1 Å². The van der Waals surface area contributed by atoms with Crippen LogP contribution in [0.3, 0.4) is 0 Å². The van der Waals surface area contributed by atoms with Crippen LogP contribution in [0.5, 0.6) is 0 Å². The van der Waals surface area contributed by atoms with Crippen molar-refractivity contribution in [1.82, 2.24) is 40.3 Å². The Morgan fingerprint density at radius 3 is 2.18 bits per heavy atom. The number of benzene rings is 2. The van der Waals surface area contributed by atoms with Gasteiger partial charge in [-0.25, -0.2) is 34.3 Å². The minimum Gasteiger partial charge on any atom is -0.458 e. The number of nitrogens with zero attached hydrogens (tertiary/aromatic N) is 8. The molecule has 2 aromatic carbocycles. The zero-order chi connectivity index (χ0) is 66.6. The number of esters is 1. The van der Waals surface area contributed by atoms with E-state index in [2.05, 4.69) is 42.7 Å². The predicted molar refractivity (Wildman–Crippen MR) is 342 cm³/mol. The van der Waals surface area contributed by atoms with Crippen LogP contribution in [0.4, 0.5) is 20.8 Å². The summed E-state index contributed by atoms with van der Waals surface area (Å²) in [7, 11) is 6.55. The summed E-state index contributed by atoms with van der Waals surface area (Å²) >= 11 is 0. The summed E-state index contributed by atoms with van der Waals surface area (Å²) < 4.78 is 69.0. The molecule has 0 bridgehead atoms. The Balaban J connectivity index is 0.977. The van der Waals surface area contributed by atoms with Crippen molar-refractivity contribution in [1.29, 1.82) is 0 Å². The first-order valence-electron chi connectivity index (χ1n) is 32.9. The summed E-state index contributed by atoms with van der Waals surface area (Å²) in [5.74, 6) is -4.31. The van der Waals surface area contributed by atoms with E-state index >= 15 is 14.0 Å². The van der Waals surface area contributed by atoms with E-state index in [1.807, 2.05) is 103 Å². The summed E-state index contributed by atoms with van der Waals surface area (Å²) in [4.78, 5) is 58.0. The number of methoxy groups -OCH3 is 3. The van der Waals surface area contributed by atoms with Crippen molar-refractivity contribution >= 4 is 29.5 Å². The summed E-state index contributed by atoms with van der Waals surface area (Å²) in [5.41, 5.74) is 9.37. The molecule has 0 aliphatic carbocycles. The van der Waals surface area contributed by atoms with E-state index in [9.17, 15) is 15.0 Å². The van der Waals surface area contributed by atoms with Gasteiger partial charge in [-0.1, -0.05) is 82.3 Å². The second-order valence-electron chi connectivity index (χ2n) is 27.3. The molecule has 5 fully saturated rings. The number of aromatic nitrogens is 5. The first-order chi connectivity index (χ1) is 43.8. The van der Waals surface area contributed by atoms with Gasteiger partial charge in [0.25, 0.3) is 0 Å². The number of rotatable bonds is 20. The van der Waals surface area contributed by atoms with Gasteiger partial charge in [0.2, 0.25) is 5.95 Å². The van der Waals surface area contributed by atoms with Crippen molar-refractivity contribution in [2.24, 2.45) is 35.5 Å². The minimum absolute atomic E-state index is 0.107. The molecule has 2 aromatic heterocycles. The third-order valence-electron chi connectivity index (χ3n) is 21.2. The molecular formula is C68H101FN10O13. The molecule has 23 nitrogen and oxygen atoms in total. The normalized spacial score (nSPS) is 35.3. The number of piperidine rings is 1. The number of carbonyl (C=O) groups is 3. The number of hydrazine groups is 1. The number of ketones is 1. The molecule has 0 saturated carbocycles. The highest BCUT2D eigenvalue weighted by molar-refractivity contribution is 5.85. The van der Waals surface area contributed by atoms with E-state index in [1.165, 1.54) is 22.5 Å². The Kier molecular flexibility index (Phi) is 22.9. The first-order valence-corrected chi connectivity index (χ1v) is 32.9. The van der Waals surface area contributed by atoms with Gasteiger partial charge in [0.1, 0.15) is 49.0 Å². The highest BCUT2D eigenvalue weighted by atomic mass is 19.1. The third kappa shape index (κ3) is 14.8. The molecular weight excluding hydrogens is 1180 g/mol. The Bertz CT molecular complexity index is 3060. The lowest BCUT2D eigenvalue weighted by Crippen LogP contribution is -2.63. The lowest BCUT2D eigenvalue weighted by Gasteiger charge is -2.52. The molecule has 5 saturated heterocycles. The Hall–Kier alpha value is -5.80. The average Bonchev–Trinajstić information content (AvgIpc) is 1.27. The van der Waals surface area contributed by atoms with E-state index < -0.39 is 138 Å². The monoisotopic (exact) mass is 1280 g/mol. The van der Waals surface area contributed by atoms with Crippen LogP contribution in [0.15, 0.2) is 73.2 Å². The van der Waals surface area contributed by atoms with Crippen molar-refractivity contribution in [3.05, 3.63) is 84.4 Å². The number of Topliss-reactive ketones (excluding diaryl/α,β-unsaturated/α-hetero) is 1. The van der Waals surface area contributed by atoms with Gasteiger partial charge in [0, 0.05) is 114 Å². The van der Waals surface area contributed by atoms with Gasteiger partial charge in [-0.2, -0.15) is 0 Å². The Morgan fingerprint density at radius 2 is 1.55 bits per heavy atom. The van der Waals surface area contributed by atoms with Gasteiger partial charge in [-0.3, -0.25) is 9.59 Å². The number of anilines is 2. The Morgan fingerprint density at radius 1 is 0.880 bits per heavy atom. The van der Waals surface area contributed by atoms with Gasteiger partial charge in [0.15, 0.2) is 11.9 Å².